The lowest BCUT2D eigenvalue weighted by Crippen LogP contribution is -2.50. The largest absolute Gasteiger partial charge is 0.302 e. The molecule has 0 atom stereocenters. The van der Waals surface area contributed by atoms with Crippen molar-refractivity contribution in [3.8, 4) is 0 Å². The molecule has 2 aliphatic rings. The topological polar surface area (TPSA) is 78.0 Å². The van der Waals surface area contributed by atoms with Crippen LogP contribution in [0.25, 0.3) is 0 Å². The molecule has 2 saturated heterocycles. The molecule has 2 aromatic carbocycles. The molecule has 7 nitrogen and oxygen atoms in total. The minimum Gasteiger partial charge on any atom is -0.302 e. The maximum absolute atomic E-state index is 13.4. The van der Waals surface area contributed by atoms with Crippen LogP contribution in [-0.2, 0) is 19.9 Å². The van der Waals surface area contributed by atoms with E-state index in [4.69, 9.17) is 0 Å². The van der Waals surface area contributed by atoms with Crippen molar-refractivity contribution in [2.24, 2.45) is 0 Å². The molecule has 2 heterocycles. The second kappa shape index (κ2) is 9.61. The SMILES string of the molecule is Cc1ccc(S(=O)(=O)c2ccccc2)cc1S(=O)(=O)N1CCN(CCN2CCCC2)CC1. The first kappa shape index (κ1) is 23.4. The van der Waals surface area contributed by atoms with Gasteiger partial charge in [0.25, 0.3) is 0 Å². The van der Waals surface area contributed by atoms with Gasteiger partial charge in [-0.2, -0.15) is 4.31 Å². The van der Waals surface area contributed by atoms with Crippen molar-refractivity contribution in [3.63, 3.8) is 0 Å². The molecule has 0 N–H and O–H groups in total. The highest BCUT2D eigenvalue weighted by Crippen LogP contribution is 2.27. The molecule has 0 radical (unpaired) electrons. The van der Waals surface area contributed by atoms with E-state index in [0.717, 1.165) is 26.2 Å². The highest BCUT2D eigenvalue weighted by molar-refractivity contribution is 7.91. The molecule has 0 amide bonds. The Hall–Kier alpha value is -1.78. The standard InChI is InChI=1S/C23H31N3O4S2/c1-20-9-10-22(31(27,28)21-7-3-2-4-8-21)19-23(20)32(29,30)26-17-15-25(16-18-26)14-13-24-11-5-6-12-24/h2-4,7-10,19H,5-6,11-18H2,1H3. The van der Waals surface area contributed by atoms with Crippen LogP contribution in [-0.4, -0.2) is 83.3 Å². The predicted molar refractivity (Wildman–Crippen MR) is 124 cm³/mol. The van der Waals surface area contributed by atoms with Gasteiger partial charge in [0.1, 0.15) is 0 Å². The highest BCUT2D eigenvalue weighted by Gasteiger charge is 2.31. The van der Waals surface area contributed by atoms with E-state index in [9.17, 15) is 16.8 Å². The quantitative estimate of drug-likeness (QED) is 0.609. The van der Waals surface area contributed by atoms with Crippen molar-refractivity contribution in [2.75, 3.05) is 52.4 Å². The predicted octanol–water partition coefficient (Wildman–Crippen LogP) is 2.23. The van der Waals surface area contributed by atoms with Crippen LogP contribution in [0.15, 0.2) is 63.2 Å². The van der Waals surface area contributed by atoms with Crippen LogP contribution in [0.3, 0.4) is 0 Å². The summed E-state index contributed by atoms with van der Waals surface area (Å²) in [6.07, 6.45) is 2.54. The summed E-state index contributed by atoms with van der Waals surface area (Å²) in [7, 11) is -7.57. The van der Waals surface area contributed by atoms with E-state index in [1.54, 1.807) is 31.2 Å². The second-order valence-corrected chi connectivity index (χ2v) is 12.4. The third-order valence-electron chi connectivity index (χ3n) is 6.40. The summed E-state index contributed by atoms with van der Waals surface area (Å²) in [5.74, 6) is 0. The number of nitrogens with zero attached hydrogens (tertiary/aromatic N) is 3. The Morgan fingerprint density at radius 1 is 0.719 bits per heavy atom. The smallest absolute Gasteiger partial charge is 0.243 e. The molecular weight excluding hydrogens is 446 g/mol. The zero-order valence-corrected chi connectivity index (χ0v) is 20.1. The first-order valence-corrected chi connectivity index (χ1v) is 14.1. The zero-order valence-electron chi connectivity index (χ0n) is 18.5. The molecule has 2 aromatic rings. The fourth-order valence-electron chi connectivity index (χ4n) is 4.38. The van der Waals surface area contributed by atoms with Crippen molar-refractivity contribution < 1.29 is 16.8 Å². The van der Waals surface area contributed by atoms with E-state index >= 15 is 0 Å². The number of rotatable bonds is 7. The molecule has 0 aliphatic carbocycles. The van der Waals surface area contributed by atoms with Crippen molar-refractivity contribution >= 4 is 19.9 Å². The van der Waals surface area contributed by atoms with Crippen LogP contribution in [0.4, 0.5) is 0 Å². The van der Waals surface area contributed by atoms with Gasteiger partial charge in [-0.05, 0) is 62.7 Å². The Kier molecular flexibility index (Phi) is 7.02. The van der Waals surface area contributed by atoms with Crippen LogP contribution < -0.4 is 0 Å². The molecule has 4 rings (SSSR count). The van der Waals surface area contributed by atoms with E-state index in [1.807, 2.05) is 0 Å². The van der Waals surface area contributed by atoms with E-state index in [0.29, 0.717) is 31.7 Å². The molecule has 0 aromatic heterocycles. The number of hydrogen-bond acceptors (Lipinski definition) is 6. The minimum atomic E-state index is -3.79. The summed E-state index contributed by atoms with van der Waals surface area (Å²) in [5.41, 5.74) is 0.550. The van der Waals surface area contributed by atoms with Crippen molar-refractivity contribution in [2.45, 2.75) is 34.5 Å². The van der Waals surface area contributed by atoms with Crippen LogP contribution in [0, 0.1) is 6.92 Å². The molecular formula is C23H31N3O4S2. The summed E-state index contributed by atoms with van der Waals surface area (Å²) >= 11 is 0. The van der Waals surface area contributed by atoms with Crippen molar-refractivity contribution in [1.82, 2.24) is 14.1 Å². The lowest BCUT2D eigenvalue weighted by atomic mass is 10.2. The van der Waals surface area contributed by atoms with Crippen molar-refractivity contribution in [3.05, 3.63) is 54.1 Å². The van der Waals surface area contributed by atoms with Gasteiger partial charge in [-0.25, -0.2) is 16.8 Å². The second-order valence-electron chi connectivity index (χ2n) is 8.54. The van der Waals surface area contributed by atoms with E-state index in [2.05, 4.69) is 9.80 Å². The Balaban J connectivity index is 1.49. The Labute approximate surface area is 191 Å². The Bertz CT molecular complexity index is 1140. The van der Waals surface area contributed by atoms with Crippen LogP contribution >= 0.6 is 0 Å². The summed E-state index contributed by atoms with van der Waals surface area (Å²) < 4.78 is 54.3. The normalized spacial score (nSPS) is 19.4. The average molecular weight is 478 g/mol. The van der Waals surface area contributed by atoms with E-state index in [-0.39, 0.29) is 14.7 Å². The molecule has 32 heavy (non-hydrogen) atoms. The highest BCUT2D eigenvalue weighted by atomic mass is 32.2. The fraction of sp³-hybridized carbons (Fsp3) is 0.478. The van der Waals surface area contributed by atoms with E-state index in [1.165, 1.54) is 41.4 Å². The molecule has 0 unspecified atom stereocenters. The molecule has 174 valence electrons. The third kappa shape index (κ3) is 4.92. The Morgan fingerprint density at radius 2 is 1.31 bits per heavy atom. The summed E-state index contributed by atoms with van der Waals surface area (Å²) in [4.78, 5) is 4.99. The number of piperazine rings is 1. The van der Waals surface area contributed by atoms with Crippen LogP contribution in [0.2, 0.25) is 0 Å². The summed E-state index contributed by atoms with van der Waals surface area (Å²) in [5, 5.41) is 0. The molecule has 0 bridgehead atoms. The fourth-order valence-corrected chi connectivity index (χ4v) is 7.44. The van der Waals surface area contributed by atoms with Gasteiger partial charge in [-0.1, -0.05) is 24.3 Å². The number of sulfone groups is 1. The van der Waals surface area contributed by atoms with Crippen LogP contribution in [0.1, 0.15) is 18.4 Å². The number of benzene rings is 2. The maximum atomic E-state index is 13.4. The first-order valence-electron chi connectivity index (χ1n) is 11.1. The van der Waals surface area contributed by atoms with Gasteiger partial charge in [0.05, 0.1) is 14.7 Å². The zero-order chi connectivity index (χ0) is 22.8. The van der Waals surface area contributed by atoms with Crippen LogP contribution in [0.5, 0.6) is 0 Å². The third-order valence-corrected chi connectivity index (χ3v) is 10.2. The average Bonchev–Trinajstić information content (AvgIpc) is 3.32. The van der Waals surface area contributed by atoms with Gasteiger partial charge in [0.15, 0.2) is 0 Å². The van der Waals surface area contributed by atoms with Gasteiger partial charge < -0.3 is 4.90 Å². The lowest BCUT2D eigenvalue weighted by molar-refractivity contribution is 0.168. The Morgan fingerprint density at radius 3 is 1.94 bits per heavy atom. The number of aryl methyl sites for hydroxylation is 1. The lowest BCUT2D eigenvalue weighted by Gasteiger charge is -2.35. The maximum Gasteiger partial charge on any atom is 0.243 e. The number of hydrogen-bond donors (Lipinski definition) is 0. The molecule has 2 aliphatic heterocycles. The first-order chi connectivity index (χ1) is 15.3. The monoisotopic (exact) mass is 477 g/mol. The molecule has 2 fully saturated rings. The minimum absolute atomic E-state index is 0.00266. The summed E-state index contributed by atoms with van der Waals surface area (Å²) in [6, 6.07) is 12.5. The van der Waals surface area contributed by atoms with Gasteiger partial charge in [0, 0.05) is 39.3 Å². The van der Waals surface area contributed by atoms with Gasteiger partial charge >= 0.3 is 0 Å². The number of sulfonamides is 1. The molecule has 0 saturated carbocycles. The van der Waals surface area contributed by atoms with Gasteiger partial charge in [0.2, 0.25) is 19.9 Å². The van der Waals surface area contributed by atoms with E-state index < -0.39 is 19.9 Å². The molecule has 0 spiro atoms. The number of likely N-dealkylation sites (tertiary alicyclic amines) is 1. The van der Waals surface area contributed by atoms with Gasteiger partial charge in [-0.3, -0.25) is 4.90 Å². The van der Waals surface area contributed by atoms with Gasteiger partial charge in [-0.15, -0.1) is 0 Å². The van der Waals surface area contributed by atoms with Crippen molar-refractivity contribution in [1.29, 1.82) is 0 Å². The molecule has 9 heteroatoms. The summed E-state index contributed by atoms with van der Waals surface area (Å²) in [6.45, 7) is 8.23.